The normalized spacial score (nSPS) is 21.9. The highest BCUT2D eigenvalue weighted by molar-refractivity contribution is 6.17. The molecule has 2 aliphatic heterocycles. The molecule has 1 saturated carbocycles. The van der Waals surface area contributed by atoms with Crippen molar-refractivity contribution < 1.29 is 19.1 Å². The molecule has 2 aromatic rings. The van der Waals surface area contributed by atoms with Crippen LogP contribution in [0.5, 0.6) is 17.2 Å². The van der Waals surface area contributed by atoms with Crippen molar-refractivity contribution in [3.05, 3.63) is 41.6 Å². The Morgan fingerprint density at radius 2 is 2.20 bits per heavy atom. The number of amides is 2. The van der Waals surface area contributed by atoms with Gasteiger partial charge in [0.25, 0.3) is 0 Å². The van der Waals surface area contributed by atoms with Gasteiger partial charge in [-0.05, 0) is 37.1 Å². The lowest BCUT2D eigenvalue weighted by Gasteiger charge is -2.19. The van der Waals surface area contributed by atoms with Crippen molar-refractivity contribution in [3.63, 3.8) is 0 Å². The molecule has 2 amide bonds. The molecule has 1 N–H and O–H groups in total. The Hall–Kier alpha value is -3.22. The summed E-state index contributed by atoms with van der Waals surface area (Å²) in [6, 6.07) is 7.53. The van der Waals surface area contributed by atoms with Crippen molar-refractivity contribution in [1.29, 1.82) is 0 Å². The minimum absolute atomic E-state index is 0.0299. The van der Waals surface area contributed by atoms with Crippen LogP contribution in [0.15, 0.2) is 35.5 Å². The molecule has 0 unspecified atom stereocenters. The average Bonchev–Trinajstić information content (AvgIpc) is 3.24. The fraction of sp³-hybridized carbons (Fsp3) is 0.391. The maximum absolute atomic E-state index is 12.1. The lowest BCUT2D eigenvalue weighted by Crippen LogP contribution is -2.20. The summed E-state index contributed by atoms with van der Waals surface area (Å²) in [5, 5.41) is 2.79. The van der Waals surface area contributed by atoms with E-state index >= 15 is 0 Å². The first-order chi connectivity index (χ1) is 14.6. The number of nitrogens with zero attached hydrogens (tertiary/aromatic N) is 2. The van der Waals surface area contributed by atoms with Gasteiger partial charge in [-0.3, -0.25) is 9.59 Å². The van der Waals surface area contributed by atoms with Crippen LogP contribution < -0.4 is 14.8 Å². The molecule has 0 spiro atoms. The lowest BCUT2D eigenvalue weighted by molar-refractivity contribution is -0.118. The largest absolute Gasteiger partial charge is 0.483 e. The van der Waals surface area contributed by atoms with Crippen molar-refractivity contribution in [2.75, 3.05) is 5.32 Å². The number of carbonyl (C=O) groups excluding carboxylic acids is 2. The number of pyridine rings is 1. The first-order valence-electron chi connectivity index (χ1n) is 10.5. The third-order valence-corrected chi connectivity index (χ3v) is 5.72. The molecular weight excluding hydrogens is 382 g/mol. The maximum Gasteiger partial charge on any atom is 0.245 e. The summed E-state index contributed by atoms with van der Waals surface area (Å²) in [6.07, 6.45) is 6.04. The highest BCUT2D eigenvalue weighted by atomic mass is 16.5. The molecule has 1 aromatic carbocycles. The summed E-state index contributed by atoms with van der Waals surface area (Å²) in [4.78, 5) is 32.2. The van der Waals surface area contributed by atoms with Crippen molar-refractivity contribution in [1.82, 2.24) is 4.98 Å². The van der Waals surface area contributed by atoms with Gasteiger partial charge in [0.1, 0.15) is 29.2 Å². The van der Waals surface area contributed by atoms with E-state index in [1.54, 1.807) is 6.20 Å². The molecule has 2 atom stereocenters. The molecule has 3 aliphatic rings. The first kappa shape index (κ1) is 18.8. The van der Waals surface area contributed by atoms with E-state index in [1.165, 1.54) is 0 Å². The molecule has 30 heavy (non-hydrogen) atoms. The van der Waals surface area contributed by atoms with Crippen LogP contribution in [-0.4, -0.2) is 28.6 Å². The van der Waals surface area contributed by atoms with Gasteiger partial charge in [-0.2, -0.15) is 0 Å². The number of aromatic nitrogens is 1. The van der Waals surface area contributed by atoms with Crippen LogP contribution in [0.25, 0.3) is 0 Å². The number of ether oxygens (including phenoxy) is 2. The number of carbonyl (C=O) groups is 2. The van der Waals surface area contributed by atoms with E-state index in [-0.39, 0.29) is 23.8 Å². The van der Waals surface area contributed by atoms with Gasteiger partial charge in [0.2, 0.25) is 11.8 Å². The Labute approximate surface area is 174 Å². The zero-order valence-electron chi connectivity index (χ0n) is 16.8. The molecule has 5 rings (SSSR count). The van der Waals surface area contributed by atoms with E-state index in [0.717, 1.165) is 41.9 Å². The van der Waals surface area contributed by atoms with Crippen molar-refractivity contribution >= 4 is 23.3 Å². The molecule has 0 radical (unpaired) electrons. The molecule has 1 fully saturated rings. The SMILES string of the molecule is CCCCCC(=O)N=C1[C@H]2Oc3ccc(Oc4ccnc5c4CCC(=O)N5)cc3[C@@H]12. The highest BCUT2D eigenvalue weighted by Crippen LogP contribution is 2.52. The van der Waals surface area contributed by atoms with Gasteiger partial charge < -0.3 is 14.8 Å². The third kappa shape index (κ3) is 3.44. The van der Waals surface area contributed by atoms with E-state index in [9.17, 15) is 9.59 Å². The zero-order chi connectivity index (χ0) is 20.7. The zero-order valence-corrected chi connectivity index (χ0v) is 16.8. The predicted octanol–water partition coefficient (Wildman–Crippen LogP) is 4.16. The van der Waals surface area contributed by atoms with Gasteiger partial charge in [0, 0.05) is 30.2 Å². The summed E-state index contributed by atoms with van der Waals surface area (Å²) in [6.45, 7) is 2.11. The monoisotopic (exact) mass is 405 g/mol. The van der Waals surface area contributed by atoms with Crippen molar-refractivity contribution in [2.24, 2.45) is 4.99 Å². The van der Waals surface area contributed by atoms with E-state index in [0.29, 0.717) is 36.6 Å². The standard InChI is InChI=1S/C23H23N3O4/c1-2-3-4-5-18(27)25-21-20-15-12-13(6-8-16(15)30-22(20)21)29-17-10-11-24-23-14(17)7-9-19(28)26-23/h6,8,10-12,20,22H,2-5,7,9H2,1H3,(H,24,26,28)/t20-,22-/m0/s1. The predicted molar refractivity (Wildman–Crippen MR) is 111 cm³/mol. The summed E-state index contributed by atoms with van der Waals surface area (Å²) in [5.41, 5.74) is 2.73. The molecule has 0 bridgehead atoms. The van der Waals surface area contributed by atoms with Gasteiger partial charge in [-0.15, -0.1) is 0 Å². The molecule has 154 valence electrons. The summed E-state index contributed by atoms with van der Waals surface area (Å²) in [7, 11) is 0. The second-order valence-electron chi connectivity index (χ2n) is 7.89. The molecule has 0 saturated heterocycles. The number of anilines is 1. The number of fused-ring (bicyclic) bond motifs is 4. The summed E-state index contributed by atoms with van der Waals surface area (Å²) in [5.74, 6) is 2.71. The molecule has 1 aromatic heterocycles. The smallest absolute Gasteiger partial charge is 0.245 e. The van der Waals surface area contributed by atoms with E-state index < -0.39 is 0 Å². The van der Waals surface area contributed by atoms with Gasteiger partial charge in [-0.25, -0.2) is 9.98 Å². The van der Waals surface area contributed by atoms with Crippen molar-refractivity contribution in [3.8, 4) is 17.2 Å². The number of unbranched alkanes of at least 4 members (excludes halogenated alkanes) is 2. The Bertz CT molecular complexity index is 1060. The number of nitrogens with one attached hydrogen (secondary N) is 1. The van der Waals surface area contributed by atoms with Crippen LogP contribution in [0.3, 0.4) is 0 Å². The number of rotatable bonds is 6. The Kier molecular flexibility index (Phi) is 4.73. The Morgan fingerprint density at radius 3 is 3.07 bits per heavy atom. The summed E-state index contributed by atoms with van der Waals surface area (Å²) >= 11 is 0. The fourth-order valence-corrected chi connectivity index (χ4v) is 4.09. The van der Waals surface area contributed by atoms with Gasteiger partial charge >= 0.3 is 0 Å². The Balaban J connectivity index is 1.32. The van der Waals surface area contributed by atoms with Gasteiger partial charge in [-0.1, -0.05) is 19.8 Å². The molecule has 7 nitrogen and oxygen atoms in total. The number of hydrogen-bond acceptors (Lipinski definition) is 5. The van der Waals surface area contributed by atoms with Crippen LogP contribution in [0, 0.1) is 0 Å². The van der Waals surface area contributed by atoms with Crippen molar-refractivity contribution in [2.45, 2.75) is 57.5 Å². The summed E-state index contributed by atoms with van der Waals surface area (Å²) < 4.78 is 12.1. The quantitative estimate of drug-likeness (QED) is 0.729. The molecule has 3 heterocycles. The van der Waals surface area contributed by atoms with Gasteiger partial charge in [0.05, 0.1) is 11.6 Å². The van der Waals surface area contributed by atoms with E-state index in [1.807, 2.05) is 24.3 Å². The first-order valence-corrected chi connectivity index (χ1v) is 10.5. The van der Waals surface area contributed by atoms with Crippen LogP contribution in [0.2, 0.25) is 0 Å². The van der Waals surface area contributed by atoms with Crippen LogP contribution in [0.1, 0.15) is 56.1 Å². The minimum atomic E-state index is -0.116. The van der Waals surface area contributed by atoms with E-state index in [2.05, 4.69) is 22.2 Å². The van der Waals surface area contributed by atoms with Crippen LogP contribution >= 0.6 is 0 Å². The number of benzene rings is 1. The fourth-order valence-electron chi connectivity index (χ4n) is 4.09. The highest BCUT2D eigenvalue weighted by Gasteiger charge is 2.56. The third-order valence-electron chi connectivity index (χ3n) is 5.72. The molecule has 7 heteroatoms. The number of hydrogen-bond donors (Lipinski definition) is 1. The van der Waals surface area contributed by atoms with Crippen LogP contribution in [-0.2, 0) is 16.0 Å². The second kappa shape index (κ2) is 7.55. The second-order valence-corrected chi connectivity index (χ2v) is 7.89. The van der Waals surface area contributed by atoms with Crippen LogP contribution in [0.4, 0.5) is 5.82 Å². The van der Waals surface area contributed by atoms with E-state index in [4.69, 9.17) is 9.47 Å². The lowest BCUT2D eigenvalue weighted by atomic mass is 10.1. The Morgan fingerprint density at radius 1 is 1.30 bits per heavy atom. The minimum Gasteiger partial charge on any atom is -0.483 e. The topological polar surface area (TPSA) is 89.9 Å². The number of aliphatic imine (C=N–C) groups is 1. The maximum atomic E-state index is 12.1. The average molecular weight is 405 g/mol. The van der Waals surface area contributed by atoms with Gasteiger partial charge in [0.15, 0.2) is 0 Å². The molecular formula is C23H23N3O4. The molecule has 1 aliphatic carbocycles.